The van der Waals surface area contributed by atoms with E-state index in [9.17, 15) is 14.4 Å². The highest BCUT2D eigenvalue weighted by molar-refractivity contribution is 5.93. The van der Waals surface area contributed by atoms with Crippen LogP contribution in [0.25, 0.3) is 0 Å². The summed E-state index contributed by atoms with van der Waals surface area (Å²) in [6.07, 6.45) is 4.21. The minimum atomic E-state index is -0.804. The maximum absolute atomic E-state index is 11.6. The van der Waals surface area contributed by atoms with Crippen molar-refractivity contribution in [3.8, 4) is 0 Å². The van der Waals surface area contributed by atoms with Gasteiger partial charge in [0.25, 0.3) is 5.56 Å². The van der Waals surface area contributed by atoms with E-state index in [2.05, 4.69) is 11.1 Å². The number of hydrogen-bond donors (Lipinski definition) is 2. The summed E-state index contributed by atoms with van der Waals surface area (Å²) in [7, 11) is 0. The standard InChI is InChI=1S/C14H16O2.C11H10N2O4/c1-2-6-13-10-12(14(15)16-13)9-11-7-4-3-5-8-11;12-9-8(10(14)13-17-9)11(15)16-6-7-4-2-1-3-5-7/h2-5,7-8,12-13H,1,6,9-10H2;1-5H,6,12H2,(H,13,14). The Morgan fingerprint density at radius 1 is 1.09 bits per heavy atom. The van der Waals surface area contributed by atoms with Crippen LogP contribution < -0.4 is 11.3 Å². The maximum Gasteiger partial charge on any atom is 0.349 e. The molecule has 0 aliphatic carbocycles. The number of carbonyl (C=O) groups excluding carboxylic acids is 2. The number of cyclic esters (lactones) is 1. The van der Waals surface area contributed by atoms with E-state index < -0.39 is 11.5 Å². The fourth-order valence-corrected chi connectivity index (χ4v) is 3.42. The van der Waals surface area contributed by atoms with Gasteiger partial charge in [-0.1, -0.05) is 66.7 Å². The SMILES string of the molecule is C=CCC1CC(Cc2ccccc2)C(=O)O1.Nc1o[nH]c(=O)c1C(=O)OCc1ccccc1. The van der Waals surface area contributed by atoms with Crippen LogP contribution in [0.1, 0.15) is 34.3 Å². The van der Waals surface area contributed by atoms with Crippen molar-refractivity contribution in [2.75, 3.05) is 5.73 Å². The summed E-state index contributed by atoms with van der Waals surface area (Å²) in [5.41, 5.74) is 6.33. The van der Waals surface area contributed by atoms with Gasteiger partial charge < -0.3 is 19.7 Å². The summed E-state index contributed by atoms with van der Waals surface area (Å²) in [5.74, 6) is -1.11. The van der Waals surface area contributed by atoms with Gasteiger partial charge in [-0.25, -0.2) is 4.79 Å². The number of H-pyrrole nitrogens is 1. The van der Waals surface area contributed by atoms with Crippen molar-refractivity contribution in [3.05, 3.63) is 100 Å². The van der Waals surface area contributed by atoms with Gasteiger partial charge in [0.05, 0.1) is 5.92 Å². The number of aromatic amines is 1. The highest BCUT2D eigenvalue weighted by Gasteiger charge is 2.33. The summed E-state index contributed by atoms with van der Waals surface area (Å²) in [5, 5.41) is 1.96. The van der Waals surface area contributed by atoms with E-state index >= 15 is 0 Å². The molecule has 8 heteroatoms. The topological polar surface area (TPSA) is 125 Å². The molecule has 0 saturated carbocycles. The van der Waals surface area contributed by atoms with Crippen LogP contribution in [0.2, 0.25) is 0 Å². The molecule has 0 radical (unpaired) electrons. The van der Waals surface area contributed by atoms with Crippen molar-refractivity contribution >= 4 is 17.8 Å². The normalized spacial score (nSPS) is 16.9. The number of ether oxygens (including phenoxy) is 2. The first kappa shape index (κ1) is 23.6. The average molecular weight is 450 g/mol. The molecule has 2 unspecified atom stereocenters. The predicted molar refractivity (Wildman–Crippen MR) is 122 cm³/mol. The van der Waals surface area contributed by atoms with Gasteiger partial charge in [0.2, 0.25) is 5.88 Å². The van der Waals surface area contributed by atoms with Gasteiger partial charge in [-0.05, 0) is 24.0 Å². The van der Waals surface area contributed by atoms with Crippen molar-refractivity contribution in [1.82, 2.24) is 5.16 Å². The molecule has 3 aromatic rings. The van der Waals surface area contributed by atoms with E-state index in [0.29, 0.717) is 0 Å². The highest BCUT2D eigenvalue weighted by Crippen LogP contribution is 2.26. The molecular formula is C25H26N2O6. The van der Waals surface area contributed by atoms with E-state index in [0.717, 1.165) is 24.8 Å². The van der Waals surface area contributed by atoms with Crippen molar-refractivity contribution in [2.45, 2.75) is 32.0 Å². The molecule has 4 rings (SSSR count). The number of hydrogen-bond acceptors (Lipinski definition) is 7. The van der Waals surface area contributed by atoms with Crippen LogP contribution in [0.5, 0.6) is 0 Å². The van der Waals surface area contributed by atoms with Crippen LogP contribution in [0.15, 0.2) is 82.6 Å². The molecule has 2 heterocycles. The second-order valence-corrected chi connectivity index (χ2v) is 7.54. The van der Waals surface area contributed by atoms with Gasteiger partial charge in [0.15, 0.2) is 5.56 Å². The number of nitrogens with two attached hydrogens (primary N) is 1. The summed E-state index contributed by atoms with van der Waals surface area (Å²) >= 11 is 0. The van der Waals surface area contributed by atoms with Gasteiger partial charge in [0, 0.05) is 6.42 Å². The lowest BCUT2D eigenvalue weighted by Crippen LogP contribution is -2.16. The summed E-state index contributed by atoms with van der Waals surface area (Å²) in [4.78, 5) is 34.3. The lowest BCUT2D eigenvalue weighted by molar-refractivity contribution is -0.144. The smallest absolute Gasteiger partial charge is 0.349 e. The number of esters is 2. The lowest BCUT2D eigenvalue weighted by atomic mass is 9.95. The van der Waals surface area contributed by atoms with Crippen LogP contribution in [0.4, 0.5) is 5.88 Å². The zero-order valence-corrected chi connectivity index (χ0v) is 18.1. The van der Waals surface area contributed by atoms with Crippen LogP contribution in [0, 0.1) is 5.92 Å². The van der Waals surface area contributed by atoms with E-state index in [1.165, 1.54) is 5.56 Å². The first-order valence-corrected chi connectivity index (χ1v) is 10.5. The Kier molecular flexibility index (Phi) is 8.24. The Hall–Kier alpha value is -4.07. The second kappa shape index (κ2) is 11.5. The van der Waals surface area contributed by atoms with Gasteiger partial charge in [-0.3, -0.25) is 9.59 Å². The zero-order valence-electron chi connectivity index (χ0n) is 18.1. The number of benzene rings is 2. The largest absolute Gasteiger partial charge is 0.462 e. The molecule has 1 aromatic heterocycles. The third-order valence-corrected chi connectivity index (χ3v) is 5.06. The van der Waals surface area contributed by atoms with E-state index in [1.54, 1.807) is 12.1 Å². The molecule has 172 valence electrons. The Balaban J connectivity index is 0.000000186. The number of aromatic nitrogens is 1. The van der Waals surface area contributed by atoms with E-state index in [4.69, 9.17) is 15.2 Å². The Morgan fingerprint density at radius 2 is 1.73 bits per heavy atom. The van der Waals surface area contributed by atoms with E-state index in [-0.39, 0.29) is 36.0 Å². The van der Waals surface area contributed by atoms with Crippen LogP contribution in [-0.4, -0.2) is 23.2 Å². The molecule has 33 heavy (non-hydrogen) atoms. The summed E-state index contributed by atoms with van der Waals surface area (Å²) < 4.78 is 14.7. The van der Waals surface area contributed by atoms with E-state index in [1.807, 2.05) is 59.8 Å². The third kappa shape index (κ3) is 6.70. The third-order valence-electron chi connectivity index (χ3n) is 5.06. The number of nitrogen functional groups attached to an aromatic ring is 1. The molecule has 1 aliphatic heterocycles. The van der Waals surface area contributed by atoms with Crippen LogP contribution in [-0.2, 0) is 27.3 Å². The predicted octanol–water partition coefficient (Wildman–Crippen LogP) is 3.64. The molecule has 2 atom stereocenters. The molecule has 1 aliphatic rings. The molecule has 1 fully saturated rings. The Labute approximate surface area is 191 Å². The lowest BCUT2D eigenvalue weighted by Gasteiger charge is -2.05. The summed E-state index contributed by atoms with van der Waals surface area (Å²) in [6, 6.07) is 19.2. The number of nitrogens with one attached hydrogen (secondary N) is 1. The Bertz CT molecular complexity index is 1120. The van der Waals surface area contributed by atoms with Crippen LogP contribution >= 0.6 is 0 Å². The quantitative estimate of drug-likeness (QED) is 0.416. The van der Waals surface area contributed by atoms with Gasteiger partial charge >= 0.3 is 11.9 Å². The average Bonchev–Trinajstić information content (AvgIpc) is 3.34. The van der Waals surface area contributed by atoms with Crippen molar-refractivity contribution in [2.24, 2.45) is 5.92 Å². The molecule has 0 bridgehead atoms. The molecule has 0 amide bonds. The fourth-order valence-electron chi connectivity index (χ4n) is 3.42. The Morgan fingerprint density at radius 3 is 2.30 bits per heavy atom. The molecular weight excluding hydrogens is 424 g/mol. The minimum Gasteiger partial charge on any atom is -0.462 e. The monoisotopic (exact) mass is 450 g/mol. The van der Waals surface area contributed by atoms with Gasteiger partial charge in [0.1, 0.15) is 12.7 Å². The number of rotatable bonds is 7. The number of carbonyl (C=O) groups is 2. The van der Waals surface area contributed by atoms with Crippen molar-refractivity contribution in [3.63, 3.8) is 0 Å². The van der Waals surface area contributed by atoms with Gasteiger partial charge in [-0.15, -0.1) is 6.58 Å². The van der Waals surface area contributed by atoms with Crippen molar-refractivity contribution < 1.29 is 23.6 Å². The minimum absolute atomic E-state index is 0.0207. The molecule has 8 nitrogen and oxygen atoms in total. The second-order valence-electron chi connectivity index (χ2n) is 7.54. The first-order chi connectivity index (χ1) is 16.0. The summed E-state index contributed by atoms with van der Waals surface area (Å²) in [6.45, 7) is 3.74. The first-order valence-electron chi connectivity index (χ1n) is 10.5. The van der Waals surface area contributed by atoms with Crippen molar-refractivity contribution in [1.29, 1.82) is 0 Å². The number of anilines is 1. The molecule has 0 spiro atoms. The molecule has 1 saturated heterocycles. The molecule has 3 N–H and O–H groups in total. The molecule has 2 aromatic carbocycles. The van der Waals surface area contributed by atoms with Gasteiger partial charge in [-0.2, -0.15) is 5.16 Å². The highest BCUT2D eigenvalue weighted by atomic mass is 16.6. The van der Waals surface area contributed by atoms with Crippen LogP contribution in [0.3, 0.4) is 0 Å². The maximum atomic E-state index is 11.6. The fraction of sp³-hybridized carbons (Fsp3) is 0.240. The zero-order chi connectivity index (χ0) is 23.6.